The van der Waals surface area contributed by atoms with Crippen molar-refractivity contribution in [2.75, 3.05) is 13.6 Å². The minimum Gasteiger partial charge on any atom is -0.478 e. The second-order valence-electron chi connectivity index (χ2n) is 3.71. The van der Waals surface area contributed by atoms with Crippen LogP contribution in [-0.2, 0) is 6.54 Å². The number of hydrogen-bond donors (Lipinski definition) is 2. The van der Waals surface area contributed by atoms with Crippen LogP contribution >= 0.6 is 0 Å². The molecule has 0 atom stereocenters. The number of carbonyl (C=O) groups is 2. The zero-order chi connectivity index (χ0) is 13.7. The molecule has 0 aliphatic rings. The number of nitrogens with one attached hydrogen (secondary N) is 1. The zero-order valence-corrected chi connectivity index (χ0v) is 10.2. The molecule has 2 N–H and O–H groups in total. The van der Waals surface area contributed by atoms with E-state index in [2.05, 4.69) is 11.2 Å². The second kappa shape index (κ2) is 5.77. The molecule has 1 heterocycles. The van der Waals surface area contributed by atoms with E-state index in [0.29, 0.717) is 11.5 Å². The number of aryl methyl sites for hydroxylation is 1. The molecule has 0 aliphatic heterocycles. The van der Waals surface area contributed by atoms with Crippen molar-refractivity contribution < 1.29 is 19.1 Å². The molecule has 1 rings (SSSR count). The average Bonchev–Trinajstić information content (AvgIpc) is 2.68. The number of carboxylic acid groups (broad SMARTS) is 1. The highest BCUT2D eigenvalue weighted by Crippen LogP contribution is 2.14. The van der Waals surface area contributed by atoms with Gasteiger partial charge in [-0.3, -0.25) is 0 Å². The van der Waals surface area contributed by atoms with Gasteiger partial charge in [-0.25, -0.2) is 9.59 Å². The summed E-state index contributed by atoms with van der Waals surface area (Å²) in [6.07, 6.45) is 5.08. The Morgan fingerprint density at radius 3 is 2.78 bits per heavy atom. The summed E-state index contributed by atoms with van der Waals surface area (Å²) in [4.78, 5) is 23.6. The second-order valence-corrected chi connectivity index (χ2v) is 3.71. The maximum absolute atomic E-state index is 11.5. The Kier molecular flexibility index (Phi) is 4.38. The normalized spacial score (nSPS) is 9.61. The summed E-state index contributed by atoms with van der Waals surface area (Å²) in [5.74, 6) is 1.97. The Balaban J connectivity index is 2.59. The summed E-state index contributed by atoms with van der Waals surface area (Å²) >= 11 is 0. The first-order chi connectivity index (χ1) is 8.45. The van der Waals surface area contributed by atoms with Crippen molar-refractivity contribution in [1.82, 2.24) is 10.2 Å². The van der Waals surface area contributed by atoms with E-state index in [0.717, 1.165) is 0 Å². The smallest absolute Gasteiger partial charge is 0.339 e. The molecule has 6 heteroatoms. The van der Waals surface area contributed by atoms with E-state index in [9.17, 15) is 9.59 Å². The van der Waals surface area contributed by atoms with Crippen LogP contribution in [0.3, 0.4) is 0 Å². The van der Waals surface area contributed by atoms with Crippen LogP contribution in [-0.4, -0.2) is 35.6 Å². The Morgan fingerprint density at radius 2 is 2.28 bits per heavy atom. The summed E-state index contributed by atoms with van der Waals surface area (Å²) in [6.45, 7) is 1.87. The highest BCUT2D eigenvalue weighted by molar-refractivity contribution is 5.88. The summed E-state index contributed by atoms with van der Waals surface area (Å²) in [5, 5.41) is 11.4. The first kappa shape index (κ1) is 13.6. The fourth-order valence-electron chi connectivity index (χ4n) is 1.35. The molecular formula is C12H14N2O4. The van der Waals surface area contributed by atoms with Gasteiger partial charge >= 0.3 is 12.0 Å². The number of urea groups is 1. The largest absolute Gasteiger partial charge is 0.478 e. The van der Waals surface area contributed by atoms with E-state index in [1.54, 1.807) is 14.0 Å². The topological polar surface area (TPSA) is 82.8 Å². The molecule has 2 amide bonds. The lowest BCUT2D eigenvalue weighted by Crippen LogP contribution is -2.36. The Morgan fingerprint density at radius 1 is 1.61 bits per heavy atom. The lowest BCUT2D eigenvalue weighted by Gasteiger charge is -2.13. The van der Waals surface area contributed by atoms with Crippen molar-refractivity contribution in [1.29, 1.82) is 0 Å². The number of aromatic carboxylic acids is 1. The first-order valence-corrected chi connectivity index (χ1v) is 5.20. The van der Waals surface area contributed by atoms with Crippen molar-refractivity contribution in [3.05, 3.63) is 23.2 Å². The molecule has 18 heavy (non-hydrogen) atoms. The first-order valence-electron chi connectivity index (χ1n) is 5.20. The highest BCUT2D eigenvalue weighted by Gasteiger charge is 2.14. The van der Waals surface area contributed by atoms with E-state index >= 15 is 0 Å². The lowest BCUT2D eigenvalue weighted by atomic mass is 10.2. The van der Waals surface area contributed by atoms with E-state index in [1.807, 2.05) is 0 Å². The van der Waals surface area contributed by atoms with Crippen molar-refractivity contribution in [3.63, 3.8) is 0 Å². The Bertz CT molecular complexity index is 499. The number of hydrogen-bond acceptors (Lipinski definition) is 3. The van der Waals surface area contributed by atoms with Crippen LogP contribution < -0.4 is 5.32 Å². The van der Waals surface area contributed by atoms with Crippen molar-refractivity contribution in [3.8, 4) is 12.3 Å². The van der Waals surface area contributed by atoms with Crippen LogP contribution in [0.2, 0.25) is 0 Å². The number of furan rings is 1. The zero-order valence-electron chi connectivity index (χ0n) is 10.2. The molecule has 6 nitrogen and oxygen atoms in total. The number of carboxylic acids is 1. The maximum atomic E-state index is 11.5. The predicted octanol–water partition coefficient (Wildman–Crippen LogP) is 1.06. The van der Waals surface area contributed by atoms with Gasteiger partial charge in [0, 0.05) is 7.05 Å². The van der Waals surface area contributed by atoms with Gasteiger partial charge in [-0.1, -0.05) is 5.92 Å². The van der Waals surface area contributed by atoms with E-state index in [1.165, 1.54) is 11.0 Å². The Hall–Kier alpha value is -2.42. The van der Waals surface area contributed by atoms with Gasteiger partial charge in [-0.05, 0) is 13.0 Å². The summed E-state index contributed by atoms with van der Waals surface area (Å²) in [6, 6.07) is 1.04. The molecule has 0 bridgehead atoms. The molecule has 0 fully saturated rings. The van der Waals surface area contributed by atoms with Gasteiger partial charge in [0.1, 0.15) is 17.1 Å². The van der Waals surface area contributed by atoms with E-state index < -0.39 is 5.97 Å². The molecule has 0 unspecified atom stereocenters. The fourth-order valence-corrected chi connectivity index (χ4v) is 1.35. The van der Waals surface area contributed by atoms with Crippen LogP contribution in [0.5, 0.6) is 0 Å². The number of amides is 2. The van der Waals surface area contributed by atoms with Gasteiger partial charge in [0.15, 0.2) is 0 Å². The van der Waals surface area contributed by atoms with Gasteiger partial charge in [-0.15, -0.1) is 6.42 Å². The quantitative estimate of drug-likeness (QED) is 0.783. The van der Waals surface area contributed by atoms with Crippen LogP contribution in [0.4, 0.5) is 4.79 Å². The van der Waals surface area contributed by atoms with E-state index in [-0.39, 0.29) is 24.7 Å². The third-order valence-electron chi connectivity index (χ3n) is 2.29. The van der Waals surface area contributed by atoms with Gasteiger partial charge in [0.05, 0.1) is 13.1 Å². The summed E-state index contributed by atoms with van der Waals surface area (Å²) in [5.41, 5.74) is 0.0937. The third-order valence-corrected chi connectivity index (χ3v) is 2.29. The van der Waals surface area contributed by atoms with E-state index in [4.69, 9.17) is 15.9 Å². The monoisotopic (exact) mass is 250 g/mol. The maximum Gasteiger partial charge on any atom is 0.339 e. The fraction of sp³-hybridized carbons (Fsp3) is 0.333. The van der Waals surface area contributed by atoms with Crippen LogP contribution in [0.1, 0.15) is 21.9 Å². The third kappa shape index (κ3) is 3.28. The molecule has 0 spiro atoms. The number of carbonyl (C=O) groups excluding carboxylic acids is 1. The SMILES string of the molecule is C#CCN(C)C(=O)NCc1cc(C(=O)O)c(C)o1. The molecule has 96 valence electrons. The minimum absolute atomic E-state index is 0.0937. The number of rotatable bonds is 4. The summed E-state index contributed by atoms with van der Waals surface area (Å²) < 4.78 is 5.21. The molecular weight excluding hydrogens is 236 g/mol. The summed E-state index contributed by atoms with van der Waals surface area (Å²) in [7, 11) is 1.56. The molecule has 0 saturated heterocycles. The minimum atomic E-state index is -1.06. The van der Waals surface area contributed by atoms with Gasteiger partial charge in [-0.2, -0.15) is 0 Å². The van der Waals surface area contributed by atoms with Crippen molar-refractivity contribution in [2.24, 2.45) is 0 Å². The van der Waals surface area contributed by atoms with Crippen molar-refractivity contribution in [2.45, 2.75) is 13.5 Å². The molecule has 1 aromatic rings. The molecule has 0 aliphatic carbocycles. The predicted molar refractivity (Wildman–Crippen MR) is 64.1 cm³/mol. The lowest BCUT2D eigenvalue weighted by molar-refractivity contribution is 0.0695. The van der Waals surface area contributed by atoms with Gasteiger partial charge in [0.25, 0.3) is 0 Å². The van der Waals surface area contributed by atoms with Crippen LogP contribution in [0.25, 0.3) is 0 Å². The van der Waals surface area contributed by atoms with Crippen LogP contribution in [0, 0.1) is 19.3 Å². The molecule has 0 aromatic carbocycles. The highest BCUT2D eigenvalue weighted by atomic mass is 16.4. The van der Waals surface area contributed by atoms with Crippen molar-refractivity contribution >= 4 is 12.0 Å². The standard InChI is InChI=1S/C12H14N2O4/c1-4-5-14(3)12(17)13-7-9-6-10(11(15)16)8(2)18-9/h1,6H,5,7H2,2-3H3,(H,13,17)(H,15,16). The number of nitrogens with zero attached hydrogens (tertiary/aromatic N) is 1. The van der Waals surface area contributed by atoms with Crippen LogP contribution in [0.15, 0.2) is 10.5 Å². The average molecular weight is 250 g/mol. The molecule has 0 radical (unpaired) electrons. The van der Waals surface area contributed by atoms with Gasteiger partial charge < -0.3 is 19.7 Å². The molecule has 0 saturated carbocycles. The van der Waals surface area contributed by atoms with Gasteiger partial charge in [0.2, 0.25) is 0 Å². The number of terminal acetylenes is 1. The Labute approximate surface area is 105 Å². The molecule has 1 aromatic heterocycles.